The maximum absolute atomic E-state index is 11.6. The molecule has 2 fully saturated rings. The van der Waals surface area contributed by atoms with Gasteiger partial charge in [-0.25, -0.2) is 0 Å². The molecule has 0 bridgehead atoms. The van der Waals surface area contributed by atoms with Crippen LogP contribution >= 0.6 is 35.7 Å². The molecule has 0 unspecified atom stereocenters. The molecule has 0 heterocycles. The van der Waals surface area contributed by atoms with Crippen molar-refractivity contribution in [1.82, 2.24) is 16.0 Å². The molecule has 0 spiro atoms. The van der Waals surface area contributed by atoms with Crippen LogP contribution in [0.4, 0.5) is 0 Å². The third-order valence-electron chi connectivity index (χ3n) is 4.42. The van der Waals surface area contributed by atoms with Crippen molar-refractivity contribution in [2.45, 2.75) is 42.2 Å². The van der Waals surface area contributed by atoms with Gasteiger partial charge in [-0.3, -0.25) is 9.79 Å². The van der Waals surface area contributed by atoms with Crippen molar-refractivity contribution in [2.24, 2.45) is 10.9 Å². The molecule has 2 aliphatic carbocycles. The molecular weight excluding hydrogens is 459 g/mol. The predicted molar refractivity (Wildman–Crippen MR) is 119 cm³/mol. The highest BCUT2D eigenvalue weighted by Gasteiger charge is 2.43. The molecule has 0 aromatic heterocycles. The summed E-state index contributed by atoms with van der Waals surface area (Å²) in [7, 11) is 0. The van der Waals surface area contributed by atoms with Gasteiger partial charge in [0.15, 0.2) is 5.96 Å². The Balaban J connectivity index is 0.00000243. The predicted octanol–water partition coefficient (Wildman–Crippen LogP) is 3.01. The molecule has 2 aliphatic rings. The fourth-order valence-electron chi connectivity index (χ4n) is 2.59. The number of thioether (sulfide) groups is 1. The Morgan fingerprint density at radius 3 is 2.46 bits per heavy atom. The van der Waals surface area contributed by atoms with E-state index in [9.17, 15) is 4.79 Å². The zero-order valence-corrected chi connectivity index (χ0v) is 18.4. The Morgan fingerprint density at radius 1 is 1.15 bits per heavy atom. The number of carbonyl (C=O) groups is 1. The van der Waals surface area contributed by atoms with Crippen molar-refractivity contribution in [3.8, 4) is 0 Å². The minimum atomic E-state index is 0. The molecule has 0 aliphatic heterocycles. The lowest BCUT2D eigenvalue weighted by Crippen LogP contribution is -2.42. The van der Waals surface area contributed by atoms with Crippen LogP contribution in [0.15, 0.2) is 40.2 Å². The van der Waals surface area contributed by atoms with E-state index in [1.165, 1.54) is 17.7 Å². The summed E-state index contributed by atoms with van der Waals surface area (Å²) in [4.78, 5) is 17.7. The van der Waals surface area contributed by atoms with Crippen molar-refractivity contribution < 1.29 is 4.79 Å². The van der Waals surface area contributed by atoms with Crippen LogP contribution in [-0.4, -0.2) is 42.8 Å². The van der Waals surface area contributed by atoms with E-state index in [-0.39, 0.29) is 40.5 Å². The van der Waals surface area contributed by atoms with Crippen LogP contribution in [0, 0.1) is 5.92 Å². The first kappa shape index (κ1) is 21.3. The van der Waals surface area contributed by atoms with Gasteiger partial charge in [0.2, 0.25) is 5.91 Å². The van der Waals surface area contributed by atoms with Gasteiger partial charge in [0, 0.05) is 35.2 Å². The summed E-state index contributed by atoms with van der Waals surface area (Å²) in [6.07, 6.45) is 4.52. The lowest BCUT2D eigenvalue weighted by atomic mass is 10.4. The third-order valence-corrected chi connectivity index (χ3v) is 5.90. The molecule has 1 aromatic rings. The van der Waals surface area contributed by atoms with E-state index >= 15 is 0 Å². The minimum absolute atomic E-state index is 0. The summed E-state index contributed by atoms with van der Waals surface area (Å²) >= 11 is 1.94. The number of rotatable bonds is 9. The van der Waals surface area contributed by atoms with E-state index in [2.05, 4.69) is 53.2 Å². The summed E-state index contributed by atoms with van der Waals surface area (Å²) in [5, 5.41) is 9.57. The SMILES string of the molecule is CCNC(=NCC1(Sc2ccccc2)CC1)NCCNC(=O)C1CC1.I. The van der Waals surface area contributed by atoms with Gasteiger partial charge in [0.05, 0.1) is 6.54 Å². The largest absolute Gasteiger partial charge is 0.357 e. The van der Waals surface area contributed by atoms with E-state index in [4.69, 9.17) is 4.99 Å². The fraction of sp³-hybridized carbons (Fsp3) is 0.579. The number of guanidine groups is 1. The van der Waals surface area contributed by atoms with Crippen LogP contribution in [0.2, 0.25) is 0 Å². The number of nitrogens with zero attached hydrogens (tertiary/aromatic N) is 1. The monoisotopic (exact) mass is 488 g/mol. The molecule has 3 N–H and O–H groups in total. The second kappa shape index (κ2) is 10.4. The number of aliphatic imine (C=N–C) groups is 1. The molecule has 1 amide bonds. The van der Waals surface area contributed by atoms with Crippen LogP contribution in [0.25, 0.3) is 0 Å². The zero-order valence-electron chi connectivity index (χ0n) is 15.3. The van der Waals surface area contributed by atoms with E-state index in [1.54, 1.807) is 0 Å². The second-order valence-electron chi connectivity index (χ2n) is 6.79. The number of carbonyl (C=O) groups excluding carboxylic acids is 1. The molecule has 2 saturated carbocycles. The lowest BCUT2D eigenvalue weighted by Gasteiger charge is -2.15. The maximum atomic E-state index is 11.6. The molecule has 0 atom stereocenters. The normalized spacial score (nSPS) is 17.8. The van der Waals surface area contributed by atoms with E-state index in [0.717, 1.165) is 31.9 Å². The van der Waals surface area contributed by atoms with Gasteiger partial charge in [-0.2, -0.15) is 0 Å². The van der Waals surface area contributed by atoms with Gasteiger partial charge >= 0.3 is 0 Å². The summed E-state index contributed by atoms with van der Waals surface area (Å²) in [5.41, 5.74) is 0. The van der Waals surface area contributed by atoms with Gasteiger partial charge in [-0.05, 0) is 44.7 Å². The van der Waals surface area contributed by atoms with Crippen molar-refractivity contribution in [1.29, 1.82) is 0 Å². The molecule has 7 heteroatoms. The van der Waals surface area contributed by atoms with Crippen LogP contribution in [0.3, 0.4) is 0 Å². The van der Waals surface area contributed by atoms with Crippen LogP contribution in [0.1, 0.15) is 32.6 Å². The lowest BCUT2D eigenvalue weighted by molar-refractivity contribution is -0.122. The molecular formula is C19H29IN4OS. The van der Waals surface area contributed by atoms with Gasteiger partial charge < -0.3 is 16.0 Å². The number of benzene rings is 1. The third kappa shape index (κ3) is 6.98. The number of amides is 1. The highest BCUT2D eigenvalue weighted by Crippen LogP contribution is 2.51. The average Bonchev–Trinajstić information content (AvgIpc) is 3.52. The molecule has 1 aromatic carbocycles. The van der Waals surface area contributed by atoms with Crippen molar-refractivity contribution in [3.63, 3.8) is 0 Å². The summed E-state index contributed by atoms with van der Waals surface area (Å²) in [6, 6.07) is 10.6. The molecule has 5 nitrogen and oxygen atoms in total. The fourth-order valence-corrected chi connectivity index (χ4v) is 3.82. The topological polar surface area (TPSA) is 65.5 Å². The number of hydrogen-bond acceptors (Lipinski definition) is 3. The molecule has 3 rings (SSSR count). The number of halogens is 1. The van der Waals surface area contributed by atoms with Crippen molar-refractivity contribution >= 4 is 47.6 Å². The Kier molecular flexibility index (Phi) is 8.53. The van der Waals surface area contributed by atoms with Gasteiger partial charge in [-0.1, -0.05) is 18.2 Å². The quantitative estimate of drug-likeness (QED) is 0.217. The smallest absolute Gasteiger partial charge is 0.223 e. The van der Waals surface area contributed by atoms with E-state index < -0.39 is 0 Å². The molecule has 0 radical (unpaired) electrons. The van der Waals surface area contributed by atoms with Gasteiger partial charge in [0.1, 0.15) is 0 Å². The minimum Gasteiger partial charge on any atom is -0.357 e. The Bertz CT molecular complexity index is 603. The van der Waals surface area contributed by atoms with E-state index in [0.29, 0.717) is 13.1 Å². The highest BCUT2D eigenvalue weighted by molar-refractivity contribution is 14.0. The van der Waals surface area contributed by atoms with Gasteiger partial charge in [0.25, 0.3) is 0 Å². The molecule has 144 valence electrons. The van der Waals surface area contributed by atoms with E-state index in [1.807, 2.05) is 11.8 Å². The zero-order chi connectivity index (χ0) is 17.5. The first-order valence-electron chi connectivity index (χ1n) is 9.25. The van der Waals surface area contributed by atoms with Gasteiger partial charge in [-0.15, -0.1) is 35.7 Å². The second-order valence-corrected chi connectivity index (χ2v) is 8.33. The molecule has 26 heavy (non-hydrogen) atoms. The van der Waals surface area contributed by atoms with Crippen molar-refractivity contribution in [2.75, 3.05) is 26.2 Å². The standard InChI is InChI=1S/C19H28N4OS.HI/c1-2-20-18(22-13-12-21-17(24)15-8-9-15)23-14-19(10-11-19)25-16-6-4-3-5-7-16;/h3-7,15H,2,8-14H2,1H3,(H,21,24)(H2,20,22,23);1H. The first-order valence-corrected chi connectivity index (χ1v) is 10.1. The Hall–Kier alpha value is -0.960. The first-order chi connectivity index (χ1) is 12.2. The summed E-state index contributed by atoms with van der Waals surface area (Å²) in [6.45, 7) is 5.06. The van der Waals surface area contributed by atoms with Crippen LogP contribution < -0.4 is 16.0 Å². The number of nitrogens with one attached hydrogen (secondary N) is 3. The van der Waals surface area contributed by atoms with Crippen LogP contribution in [-0.2, 0) is 4.79 Å². The summed E-state index contributed by atoms with van der Waals surface area (Å²) < 4.78 is 0.254. The average molecular weight is 488 g/mol. The Labute approximate surface area is 177 Å². The summed E-state index contributed by atoms with van der Waals surface area (Å²) in [5.74, 6) is 1.30. The van der Waals surface area contributed by atoms with Crippen molar-refractivity contribution in [3.05, 3.63) is 30.3 Å². The van der Waals surface area contributed by atoms with Crippen LogP contribution in [0.5, 0.6) is 0 Å². The molecule has 0 saturated heterocycles. The number of hydrogen-bond donors (Lipinski definition) is 3. The highest BCUT2D eigenvalue weighted by atomic mass is 127. The maximum Gasteiger partial charge on any atom is 0.223 e. The Morgan fingerprint density at radius 2 is 1.85 bits per heavy atom.